The number of rotatable bonds is 1. The Balaban J connectivity index is 2.23. The molecule has 1 aromatic rings. The molecule has 2 N–H and O–H groups in total. The number of fused-ring (bicyclic) bond motifs is 3. The van der Waals surface area contributed by atoms with E-state index in [1.807, 2.05) is 12.1 Å². The van der Waals surface area contributed by atoms with Crippen LogP contribution in [0.2, 0.25) is 0 Å². The summed E-state index contributed by atoms with van der Waals surface area (Å²) >= 11 is 0. The lowest BCUT2D eigenvalue weighted by molar-refractivity contribution is -0.249. The molecule has 0 saturated heterocycles. The molecule has 0 aromatic heterocycles. The molecule has 0 fully saturated rings. The minimum Gasteiger partial charge on any atom is -0.459 e. The molecule has 4 heteroatoms. The van der Waals surface area contributed by atoms with Crippen molar-refractivity contribution in [3.63, 3.8) is 0 Å². The van der Waals surface area contributed by atoms with Crippen LogP contribution in [0.15, 0.2) is 35.6 Å². The summed E-state index contributed by atoms with van der Waals surface area (Å²) in [6, 6.07) is 7.13. The van der Waals surface area contributed by atoms with Gasteiger partial charge >= 0.3 is 0 Å². The fraction of sp³-hybridized carbons (Fsp3) is 0.357. The highest BCUT2D eigenvalue weighted by Crippen LogP contribution is 2.54. The zero-order chi connectivity index (χ0) is 13.1. The van der Waals surface area contributed by atoms with Crippen molar-refractivity contribution in [1.82, 2.24) is 0 Å². The molecule has 0 saturated carbocycles. The molecule has 2 atom stereocenters. The summed E-state index contributed by atoms with van der Waals surface area (Å²) in [5.41, 5.74) is -0.176. The summed E-state index contributed by atoms with van der Waals surface area (Å²) in [4.78, 5) is 11.7. The third-order valence-electron chi connectivity index (χ3n) is 3.81. The molecule has 1 heterocycles. The quantitative estimate of drug-likeness (QED) is 0.776. The molecular weight excluding hydrogens is 232 g/mol. The molecule has 0 unspecified atom stereocenters. The molecule has 0 bridgehead atoms. The lowest BCUT2D eigenvalue weighted by atomic mass is 9.85. The molecular formula is C14H14O4. The van der Waals surface area contributed by atoms with Crippen LogP contribution in [0.3, 0.4) is 0 Å². The maximum Gasteiger partial charge on any atom is 0.268 e. The Labute approximate surface area is 105 Å². The van der Waals surface area contributed by atoms with Gasteiger partial charge in [0.15, 0.2) is 11.4 Å². The Morgan fingerprint density at radius 2 is 2.00 bits per heavy atom. The van der Waals surface area contributed by atoms with E-state index in [2.05, 4.69) is 0 Å². The van der Waals surface area contributed by atoms with Crippen molar-refractivity contribution < 1.29 is 19.7 Å². The molecule has 1 aromatic carbocycles. The second-order valence-electron chi connectivity index (χ2n) is 4.93. The third kappa shape index (κ3) is 1.09. The molecule has 94 valence electrons. The first-order valence-corrected chi connectivity index (χ1v) is 5.84. The second kappa shape index (κ2) is 3.22. The van der Waals surface area contributed by atoms with E-state index in [9.17, 15) is 15.0 Å². The van der Waals surface area contributed by atoms with Crippen LogP contribution in [0.1, 0.15) is 25.0 Å². The zero-order valence-electron chi connectivity index (χ0n) is 10.2. The number of hydrogen-bond donors (Lipinski definition) is 2. The van der Waals surface area contributed by atoms with Crippen LogP contribution in [-0.2, 0) is 21.7 Å². The van der Waals surface area contributed by atoms with Crippen LogP contribution >= 0.6 is 0 Å². The number of carbonyl (C=O) groups is 1. The molecule has 18 heavy (non-hydrogen) atoms. The van der Waals surface area contributed by atoms with Gasteiger partial charge in [0.25, 0.3) is 5.79 Å². The molecule has 2 aliphatic rings. The minimum atomic E-state index is -1.84. The number of aliphatic hydroxyl groups is 2. The molecule has 0 radical (unpaired) electrons. The highest BCUT2D eigenvalue weighted by molar-refractivity contribution is 5.97. The number of benzene rings is 1. The first-order chi connectivity index (χ1) is 8.40. The smallest absolute Gasteiger partial charge is 0.268 e. The first-order valence-electron chi connectivity index (χ1n) is 5.84. The maximum atomic E-state index is 11.7. The Morgan fingerprint density at radius 1 is 1.33 bits per heavy atom. The zero-order valence-corrected chi connectivity index (χ0v) is 10.2. The Bertz CT molecular complexity index is 589. The van der Waals surface area contributed by atoms with Crippen molar-refractivity contribution >= 4 is 5.78 Å². The monoisotopic (exact) mass is 246 g/mol. The van der Waals surface area contributed by atoms with Gasteiger partial charge in [0.1, 0.15) is 5.76 Å². The van der Waals surface area contributed by atoms with Crippen molar-refractivity contribution in [2.24, 2.45) is 0 Å². The largest absolute Gasteiger partial charge is 0.459 e. The lowest BCUT2D eigenvalue weighted by Gasteiger charge is -2.31. The summed E-state index contributed by atoms with van der Waals surface area (Å²) in [6.45, 7) is 2.96. The van der Waals surface area contributed by atoms with Crippen LogP contribution in [-0.4, -0.2) is 21.6 Å². The van der Waals surface area contributed by atoms with Gasteiger partial charge in [-0.15, -0.1) is 0 Å². The van der Waals surface area contributed by atoms with Crippen LogP contribution in [0.25, 0.3) is 0 Å². The number of allylic oxidation sites excluding steroid dienone is 1. The van der Waals surface area contributed by atoms with E-state index in [0.29, 0.717) is 11.3 Å². The Morgan fingerprint density at radius 3 is 2.67 bits per heavy atom. The van der Waals surface area contributed by atoms with Crippen molar-refractivity contribution in [3.8, 4) is 0 Å². The highest BCUT2D eigenvalue weighted by Gasteiger charge is 2.66. The fourth-order valence-electron chi connectivity index (χ4n) is 3.12. The van der Waals surface area contributed by atoms with E-state index < -0.39 is 11.4 Å². The number of carbonyl (C=O) groups excluding carboxylic acids is 1. The standard InChI is InChI=1S/C14H14O4/c1-8(15)12-9(2)18-14(17)11-6-4-3-5-10(11)7-13(12,14)16/h3-6,16-17H,7H2,1-2H3/t13-,14+/m0/s1. The molecule has 3 rings (SSSR count). The Hall–Kier alpha value is -1.65. The van der Waals surface area contributed by atoms with Crippen LogP contribution in [0.5, 0.6) is 0 Å². The predicted octanol–water partition coefficient (Wildman–Crippen LogP) is 1.01. The van der Waals surface area contributed by atoms with E-state index in [1.165, 1.54) is 6.92 Å². The van der Waals surface area contributed by atoms with Gasteiger partial charge in [0, 0.05) is 12.0 Å². The first kappa shape index (κ1) is 11.4. The number of ketones is 1. The molecule has 1 aliphatic carbocycles. The second-order valence-corrected chi connectivity index (χ2v) is 4.93. The van der Waals surface area contributed by atoms with E-state index in [-0.39, 0.29) is 17.8 Å². The molecule has 4 nitrogen and oxygen atoms in total. The average Bonchev–Trinajstić information content (AvgIpc) is 2.59. The summed E-state index contributed by atoms with van der Waals surface area (Å²) in [6.07, 6.45) is 0.186. The van der Waals surface area contributed by atoms with Gasteiger partial charge in [-0.05, 0) is 19.4 Å². The Kier molecular flexibility index (Phi) is 2.04. The van der Waals surface area contributed by atoms with E-state index in [1.54, 1.807) is 19.1 Å². The predicted molar refractivity (Wildman–Crippen MR) is 63.5 cm³/mol. The SMILES string of the molecule is CC(=O)C1=C(C)O[C@]2(O)c3ccccc3C[C@]12O. The number of Topliss-reactive ketones (excluding diaryl/α,β-unsaturated/α-hetero) is 1. The van der Waals surface area contributed by atoms with Gasteiger partial charge in [0.05, 0.1) is 5.57 Å². The van der Waals surface area contributed by atoms with Gasteiger partial charge in [-0.25, -0.2) is 0 Å². The van der Waals surface area contributed by atoms with Crippen LogP contribution < -0.4 is 0 Å². The van der Waals surface area contributed by atoms with Crippen molar-refractivity contribution in [2.45, 2.75) is 31.7 Å². The van der Waals surface area contributed by atoms with Crippen molar-refractivity contribution in [2.75, 3.05) is 0 Å². The summed E-state index contributed by atoms with van der Waals surface area (Å²) in [7, 11) is 0. The topological polar surface area (TPSA) is 66.8 Å². The maximum absolute atomic E-state index is 11.7. The third-order valence-corrected chi connectivity index (χ3v) is 3.81. The van der Waals surface area contributed by atoms with E-state index >= 15 is 0 Å². The van der Waals surface area contributed by atoms with E-state index in [4.69, 9.17) is 4.74 Å². The van der Waals surface area contributed by atoms with Crippen LogP contribution in [0, 0.1) is 0 Å². The van der Waals surface area contributed by atoms with Gasteiger partial charge in [-0.3, -0.25) is 4.79 Å². The number of ether oxygens (including phenoxy) is 1. The average molecular weight is 246 g/mol. The van der Waals surface area contributed by atoms with Gasteiger partial charge in [-0.1, -0.05) is 24.3 Å². The van der Waals surface area contributed by atoms with Gasteiger partial charge < -0.3 is 14.9 Å². The fourth-order valence-corrected chi connectivity index (χ4v) is 3.12. The molecule has 0 amide bonds. The summed E-state index contributed by atoms with van der Waals surface area (Å²) in [5.74, 6) is -1.82. The van der Waals surface area contributed by atoms with Crippen LogP contribution in [0.4, 0.5) is 0 Å². The lowest BCUT2D eigenvalue weighted by Crippen LogP contribution is -2.48. The van der Waals surface area contributed by atoms with Gasteiger partial charge in [-0.2, -0.15) is 0 Å². The molecule has 0 spiro atoms. The number of hydrogen-bond acceptors (Lipinski definition) is 4. The minimum absolute atomic E-state index is 0.168. The summed E-state index contributed by atoms with van der Waals surface area (Å²) < 4.78 is 5.44. The van der Waals surface area contributed by atoms with E-state index in [0.717, 1.165) is 5.56 Å². The highest BCUT2D eigenvalue weighted by atomic mass is 16.7. The van der Waals surface area contributed by atoms with Gasteiger partial charge in [0.2, 0.25) is 0 Å². The summed E-state index contributed by atoms with van der Waals surface area (Å²) in [5, 5.41) is 21.4. The van der Waals surface area contributed by atoms with Crippen molar-refractivity contribution in [3.05, 3.63) is 46.7 Å². The normalized spacial score (nSPS) is 33.1. The molecule has 1 aliphatic heterocycles. The van der Waals surface area contributed by atoms with Crippen molar-refractivity contribution in [1.29, 1.82) is 0 Å².